The normalized spacial score (nSPS) is 23.7. The number of ether oxygens (including phenoxy) is 2. The maximum absolute atomic E-state index is 6.84. The van der Waals surface area contributed by atoms with Crippen molar-refractivity contribution in [2.24, 2.45) is 0 Å². The molecule has 1 fully saturated rings. The van der Waals surface area contributed by atoms with Crippen LogP contribution in [0.2, 0.25) is 18.1 Å². The van der Waals surface area contributed by atoms with Gasteiger partial charge in [0.1, 0.15) is 6.10 Å². The summed E-state index contributed by atoms with van der Waals surface area (Å²) in [7, 11) is -1.82. The van der Waals surface area contributed by atoms with Crippen LogP contribution in [0.5, 0.6) is 0 Å². The maximum Gasteiger partial charge on any atom is 0.192 e. The van der Waals surface area contributed by atoms with Gasteiger partial charge in [-0.2, -0.15) is 0 Å². The van der Waals surface area contributed by atoms with Gasteiger partial charge in [-0.05, 0) is 38.4 Å². The van der Waals surface area contributed by atoms with Crippen LogP contribution in [0, 0.1) is 0 Å². The highest BCUT2D eigenvalue weighted by Gasteiger charge is 2.43. The van der Waals surface area contributed by atoms with Gasteiger partial charge in [0.15, 0.2) is 14.1 Å². The third-order valence-corrected chi connectivity index (χ3v) is 10.9. The molecule has 28 heavy (non-hydrogen) atoms. The molecular formula is C24H48O3Si. The Balaban J connectivity index is 2.66. The average Bonchev–Trinajstić information content (AvgIpc) is 2.86. The smallest absolute Gasteiger partial charge is 0.192 e. The lowest BCUT2D eigenvalue weighted by atomic mass is 10.0. The largest absolute Gasteiger partial charge is 0.414 e. The summed E-state index contributed by atoms with van der Waals surface area (Å²) in [5.41, 5.74) is 0. The molecule has 0 spiro atoms. The van der Waals surface area contributed by atoms with Gasteiger partial charge in [0, 0.05) is 12.5 Å². The van der Waals surface area contributed by atoms with E-state index in [4.69, 9.17) is 13.9 Å². The topological polar surface area (TPSA) is 27.7 Å². The van der Waals surface area contributed by atoms with Crippen molar-refractivity contribution >= 4 is 8.32 Å². The molecule has 0 aromatic heterocycles. The van der Waals surface area contributed by atoms with Crippen molar-refractivity contribution in [2.45, 2.75) is 142 Å². The zero-order chi connectivity index (χ0) is 21.4. The highest BCUT2D eigenvalue weighted by Crippen LogP contribution is 2.39. The van der Waals surface area contributed by atoms with Crippen LogP contribution in [0.1, 0.15) is 99.3 Å². The van der Waals surface area contributed by atoms with E-state index in [1.165, 1.54) is 44.9 Å². The van der Waals surface area contributed by atoms with Crippen molar-refractivity contribution in [3.63, 3.8) is 0 Å². The van der Waals surface area contributed by atoms with E-state index in [1.54, 1.807) is 0 Å². The Morgan fingerprint density at radius 2 is 1.61 bits per heavy atom. The van der Waals surface area contributed by atoms with Gasteiger partial charge in [-0.15, -0.1) is 6.58 Å². The molecular weight excluding hydrogens is 364 g/mol. The molecule has 0 radical (unpaired) electrons. The predicted molar refractivity (Wildman–Crippen MR) is 123 cm³/mol. The minimum atomic E-state index is -1.82. The summed E-state index contributed by atoms with van der Waals surface area (Å²) in [4.78, 5) is 0. The number of hydrogen-bond donors (Lipinski definition) is 0. The molecule has 166 valence electrons. The summed E-state index contributed by atoms with van der Waals surface area (Å²) in [5.74, 6) is -0.537. The van der Waals surface area contributed by atoms with Gasteiger partial charge < -0.3 is 13.9 Å². The predicted octanol–water partition coefficient (Wildman–Crippen LogP) is 7.61. The molecule has 3 atom stereocenters. The Morgan fingerprint density at radius 1 is 1.04 bits per heavy atom. The lowest BCUT2D eigenvalue weighted by molar-refractivity contribution is -0.145. The van der Waals surface area contributed by atoms with Gasteiger partial charge in [-0.1, -0.05) is 78.7 Å². The van der Waals surface area contributed by atoms with E-state index in [0.29, 0.717) is 0 Å². The molecule has 0 unspecified atom stereocenters. The van der Waals surface area contributed by atoms with Gasteiger partial charge in [0.25, 0.3) is 0 Å². The second-order valence-electron chi connectivity index (χ2n) is 10.5. The van der Waals surface area contributed by atoms with Gasteiger partial charge in [0.05, 0.1) is 6.10 Å². The highest BCUT2D eigenvalue weighted by atomic mass is 28.4. The average molecular weight is 413 g/mol. The summed E-state index contributed by atoms with van der Waals surface area (Å²) >= 11 is 0. The third kappa shape index (κ3) is 8.69. The Labute approximate surface area is 176 Å². The van der Waals surface area contributed by atoms with Crippen LogP contribution in [-0.2, 0) is 13.9 Å². The third-order valence-electron chi connectivity index (χ3n) is 6.35. The zero-order valence-electron chi connectivity index (χ0n) is 20.1. The summed E-state index contributed by atoms with van der Waals surface area (Å²) < 4.78 is 19.0. The molecule has 1 aliphatic rings. The minimum Gasteiger partial charge on any atom is -0.414 e. The summed E-state index contributed by atoms with van der Waals surface area (Å²) in [6.07, 6.45) is 13.4. The molecule has 0 bridgehead atoms. The molecule has 1 aliphatic heterocycles. The molecule has 4 heteroatoms. The Morgan fingerprint density at radius 3 is 2.14 bits per heavy atom. The fraction of sp³-hybridized carbons (Fsp3) is 0.917. The van der Waals surface area contributed by atoms with Gasteiger partial charge in [0.2, 0.25) is 0 Å². The summed E-state index contributed by atoms with van der Waals surface area (Å²) in [6, 6.07) is 0. The van der Waals surface area contributed by atoms with Crippen LogP contribution in [0.15, 0.2) is 12.7 Å². The summed E-state index contributed by atoms with van der Waals surface area (Å²) in [5, 5.41) is 0.218. The van der Waals surface area contributed by atoms with Crippen LogP contribution >= 0.6 is 0 Å². The van der Waals surface area contributed by atoms with Gasteiger partial charge in [-0.3, -0.25) is 0 Å². The SMILES string of the molecule is C=C[C@H]1OC(C)(C)O[C@@H]1C[C@H](CCCCCCCCC)O[Si](C)(C)C(C)(C)C. The van der Waals surface area contributed by atoms with E-state index in [1.807, 2.05) is 19.9 Å². The first-order valence-corrected chi connectivity index (χ1v) is 14.5. The first-order chi connectivity index (χ1) is 12.9. The van der Waals surface area contributed by atoms with E-state index in [9.17, 15) is 0 Å². The molecule has 0 amide bonds. The Kier molecular flexibility index (Phi) is 10.4. The molecule has 1 saturated heterocycles. The number of unbranched alkanes of at least 4 members (excludes halogenated alkanes) is 6. The second-order valence-corrected chi connectivity index (χ2v) is 15.3. The van der Waals surface area contributed by atoms with Crippen molar-refractivity contribution in [1.29, 1.82) is 0 Å². The lowest BCUT2D eigenvalue weighted by Gasteiger charge is -2.40. The van der Waals surface area contributed by atoms with E-state index in [2.05, 4.69) is 47.4 Å². The van der Waals surface area contributed by atoms with Crippen LogP contribution in [0.4, 0.5) is 0 Å². The van der Waals surface area contributed by atoms with Crippen LogP contribution in [-0.4, -0.2) is 32.4 Å². The molecule has 0 aliphatic carbocycles. The van der Waals surface area contributed by atoms with Crippen LogP contribution < -0.4 is 0 Å². The standard InChI is InChI=1S/C24H48O3Si/c1-10-12-13-14-15-16-17-18-20(27-28(8,9)23(3,4)5)19-22-21(11-2)25-24(6,7)26-22/h11,20-22H,2,10,12-19H2,1,3-9H3/t20-,21+,22+/m0/s1. The van der Waals surface area contributed by atoms with Gasteiger partial charge >= 0.3 is 0 Å². The van der Waals surface area contributed by atoms with Crippen molar-refractivity contribution in [3.8, 4) is 0 Å². The van der Waals surface area contributed by atoms with E-state index < -0.39 is 14.1 Å². The van der Waals surface area contributed by atoms with E-state index in [0.717, 1.165) is 12.8 Å². The quantitative estimate of drug-likeness (QED) is 0.177. The van der Waals surface area contributed by atoms with E-state index >= 15 is 0 Å². The van der Waals surface area contributed by atoms with Gasteiger partial charge in [-0.25, -0.2) is 0 Å². The molecule has 1 rings (SSSR count). The van der Waals surface area contributed by atoms with Crippen molar-refractivity contribution in [1.82, 2.24) is 0 Å². The lowest BCUT2D eigenvalue weighted by Crippen LogP contribution is -2.45. The molecule has 0 aromatic carbocycles. The van der Waals surface area contributed by atoms with Crippen LogP contribution in [0.25, 0.3) is 0 Å². The fourth-order valence-corrected chi connectivity index (χ4v) is 5.05. The number of hydrogen-bond acceptors (Lipinski definition) is 3. The van der Waals surface area contributed by atoms with Crippen LogP contribution in [0.3, 0.4) is 0 Å². The second kappa shape index (κ2) is 11.3. The first kappa shape index (κ1) is 25.9. The maximum atomic E-state index is 6.84. The molecule has 0 saturated carbocycles. The molecule has 0 N–H and O–H groups in total. The molecule has 1 heterocycles. The zero-order valence-corrected chi connectivity index (χ0v) is 21.1. The van der Waals surface area contributed by atoms with Crippen molar-refractivity contribution < 1.29 is 13.9 Å². The number of rotatable bonds is 13. The first-order valence-electron chi connectivity index (χ1n) is 11.6. The van der Waals surface area contributed by atoms with Crippen molar-refractivity contribution in [2.75, 3.05) is 0 Å². The Bertz CT molecular complexity index is 453. The fourth-order valence-electron chi connectivity index (χ4n) is 3.65. The Hall–Kier alpha value is -0.163. The molecule has 3 nitrogen and oxygen atoms in total. The monoisotopic (exact) mass is 412 g/mol. The highest BCUT2D eigenvalue weighted by molar-refractivity contribution is 6.74. The minimum absolute atomic E-state index is 0.0341. The molecule has 0 aromatic rings. The van der Waals surface area contributed by atoms with E-state index in [-0.39, 0.29) is 23.4 Å². The van der Waals surface area contributed by atoms with Crippen molar-refractivity contribution in [3.05, 3.63) is 12.7 Å². The summed E-state index contributed by atoms with van der Waals surface area (Å²) in [6.45, 7) is 21.9.